The van der Waals surface area contributed by atoms with Crippen molar-refractivity contribution in [1.29, 1.82) is 0 Å². The number of phenolic OH excluding ortho intramolecular Hbond substituents is 1. The molecule has 72 heavy (non-hydrogen) atoms. The lowest BCUT2D eigenvalue weighted by Gasteiger charge is -2.32. The Morgan fingerprint density at radius 1 is 0.917 bits per heavy atom. The third-order valence-corrected chi connectivity index (χ3v) is 15.3. The molecule has 25 heteroatoms. The molecule has 2 aromatic carbocycles. The number of carbonyl (C=O) groups excluding carboxylic acids is 7. The quantitative estimate of drug-likeness (QED) is 0.0255. The van der Waals surface area contributed by atoms with Gasteiger partial charge in [-0.1, -0.05) is 64.1 Å². The summed E-state index contributed by atoms with van der Waals surface area (Å²) in [6.45, 7) is 0.400. The first kappa shape index (κ1) is 54.5. The van der Waals surface area contributed by atoms with E-state index in [1.54, 1.807) is 49.5 Å². The molecule has 6 rings (SSSR count). The normalized spacial score (nSPS) is 21.4. The molecule has 0 aliphatic carbocycles. The molecule has 3 fully saturated rings. The van der Waals surface area contributed by atoms with Gasteiger partial charge in [0, 0.05) is 61.8 Å². The Morgan fingerprint density at radius 2 is 1.65 bits per heavy atom. The van der Waals surface area contributed by atoms with Gasteiger partial charge in [0.25, 0.3) is 0 Å². The van der Waals surface area contributed by atoms with Crippen molar-refractivity contribution in [2.75, 3.05) is 39.0 Å². The predicted octanol–water partition coefficient (Wildman–Crippen LogP) is -1.33. The van der Waals surface area contributed by atoms with Crippen LogP contribution in [0.15, 0.2) is 72.1 Å². The minimum absolute atomic E-state index is 0.0217. The van der Waals surface area contributed by atoms with Crippen molar-refractivity contribution in [3.05, 3.63) is 83.9 Å². The second-order valence-electron chi connectivity index (χ2n) is 17.8. The number of nitrogens with one attached hydrogen (secondary N) is 7. The van der Waals surface area contributed by atoms with E-state index in [0.717, 1.165) is 0 Å². The minimum atomic E-state index is -1.28. The number of aliphatic carboxylic acids is 1. The average molecular weight is 1030 g/mol. The number of carboxylic acid groups (broad SMARTS) is 1. The molecule has 0 radical (unpaired) electrons. The number of carboxylic acids is 1. The van der Waals surface area contributed by atoms with Gasteiger partial charge in [-0.25, -0.2) is 9.78 Å². The first-order valence-corrected chi connectivity index (χ1v) is 26.1. The smallest absolute Gasteiger partial charge is 0.326 e. The van der Waals surface area contributed by atoms with Crippen molar-refractivity contribution in [1.82, 2.24) is 51.7 Å². The molecule has 0 saturated carbocycles. The van der Waals surface area contributed by atoms with Crippen LogP contribution in [0, 0.1) is 0 Å². The lowest BCUT2D eigenvalue weighted by atomic mass is 10.0. The Morgan fingerprint density at radius 3 is 2.35 bits per heavy atom. The summed E-state index contributed by atoms with van der Waals surface area (Å²) in [5.41, 5.74) is 12.7. The fourth-order valence-electron chi connectivity index (χ4n) is 8.83. The molecule has 1 aromatic heterocycles. The van der Waals surface area contributed by atoms with Gasteiger partial charge in [0.05, 0.1) is 12.9 Å². The van der Waals surface area contributed by atoms with E-state index in [1.165, 1.54) is 56.0 Å². The number of guanidine groups is 1. The van der Waals surface area contributed by atoms with Gasteiger partial charge in [-0.3, -0.25) is 38.6 Å². The number of aliphatic imine (C=N–C) groups is 1. The van der Waals surface area contributed by atoms with E-state index >= 15 is 0 Å². The number of aromatic amines is 1. The molecule has 13 N–H and O–H groups in total. The number of nitrogens with two attached hydrogens (primary N) is 2. The molecule has 7 amide bonds. The number of benzene rings is 2. The van der Waals surface area contributed by atoms with Crippen LogP contribution in [-0.2, 0) is 57.6 Å². The first-order chi connectivity index (χ1) is 34.6. The van der Waals surface area contributed by atoms with Gasteiger partial charge in [-0.2, -0.15) is 0 Å². The number of H-pyrrole nitrogens is 1. The predicted molar refractivity (Wildman–Crippen MR) is 269 cm³/mol. The Labute approximate surface area is 424 Å². The van der Waals surface area contributed by atoms with Crippen LogP contribution in [0.4, 0.5) is 0 Å². The highest BCUT2D eigenvalue weighted by Gasteiger charge is 2.45. The van der Waals surface area contributed by atoms with E-state index in [4.69, 9.17) is 11.5 Å². The monoisotopic (exact) mass is 1030 g/mol. The number of fused-ring (bicyclic) bond motifs is 2. The molecule has 3 aliphatic heterocycles. The summed E-state index contributed by atoms with van der Waals surface area (Å²) < 4.78 is 0. The maximum absolute atomic E-state index is 14.9. The van der Waals surface area contributed by atoms with Crippen molar-refractivity contribution in [3.8, 4) is 5.75 Å². The van der Waals surface area contributed by atoms with Gasteiger partial charge < -0.3 is 68.4 Å². The molecule has 388 valence electrons. The van der Waals surface area contributed by atoms with E-state index < -0.39 is 89.6 Å². The van der Waals surface area contributed by atoms with Crippen molar-refractivity contribution in [2.24, 2.45) is 16.5 Å². The SMILES string of the molecule is CNCC(=O)N[C@@H](CCCN=C(N)N)C(=O)N[C@H]1CCSS[C@@H]2C[C@@H](C(=O)N[C@@H](Cc3cnc[nH]3)C(=O)N3CCC[C@H]3C(=O)N[C@@H](Cc3ccccc3)C(=O)O)N(C2)C(=O)[C@H](Cc2ccc(O)cc2)NC1=O. The highest BCUT2D eigenvalue weighted by atomic mass is 33.1. The number of hydrogen-bond donors (Lipinski definition) is 11. The number of phenols is 1. The molecule has 0 unspecified atom stereocenters. The van der Waals surface area contributed by atoms with Crippen LogP contribution in [0.3, 0.4) is 0 Å². The average Bonchev–Trinajstić information content (AvgIpc) is 4.16. The highest BCUT2D eigenvalue weighted by molar-refractivity contribution is 8.76. The van der Waals surface area contributed by atoms with Gasteiger partial charge in [-0.15, -0.1) is 0 Å². The Bertz CT molecular complexity index is 2390. The standard InChI is InChI=1S/C47H63N13O10S2/c1-50-24-39(62)54-32(9-5-16-52-47(48)49)40(63)55-33-15-18-71-72-31-22-38(60(25-31)45(68)34(56-41(33)64)19-28-11-13-30(61)14-12-28)43(66)57-35(21-29-23-51-26-53-29)44(67)59-17-6-10-37(59)42(65)58-36(46(69)70)20-27-7-3-2-4-8-27/h2-4,7-8,11-14,23,26,31-38,50,61H,5-6,9-10,15-22,24-25H2,1H3,(H,51,53)(H,54,62)(H,55,63)(H,56,64)(H,57,66)(H,58,65)(H,69,70)(H4,48,49,52)/t31-,32+,33+,34+,35+,36+,37+,38+/m1/s1. The number of likely N-dealkylation sites (tertiary alicyclic amines) is 1. The Balaban J connectivity index is 1.22. The van der Waals surface area contributed by atoms with Crippen LogP contribution in [-0.4, -0.2) is 170 Å². The zero-order valence-corrected chi connectivity index (χ0v) is 41.4. The van der Waals surface area contributed by atoms with Crippen molar-refractivity contribution in [3.63, 3.8) is 0 Å². The summed E-state index contributed by atoms with van der Waals surface area (Å²) in [6.07, 6.45) is 4.31. The molecule has 4 heterocycles. The zero-order valence-electron chi connectivity index (χ0n) is 39.8. The number of nitrogens with zero attached hydrogens (tertiary/aromatic N) is 4. The van der Waals surface area contributed by atoms with E-state index in [-0.39, 0.29) is 88.1 Å². The molecule has 3 aliphatic rings. The van der Waals surface area contributed by atoms with Gasteiger partial charge in [0.15, 0.2) is 5.96 Å². The Hall–Kier alpha value is -6.86. The number of likely N-dealkylation sites (N-methyl/N-ethyl adjacent to an activating group) is 1. The fourth-order valence-corrected chi connectivity index (χ4v) is 11.5. The summed E-state index contributed by atoms with van der Waals surface area (Å²) in [4.78, 5) is 125. The number of aromatic hydroxyl groups is 1. The molecule has 3 saturated heterocycles. The molecule has 3 aromatic rings. The van der Waals surface area contributed by atoms with Crippen LogP contribution in [0.2, 0.25) is 0 Å². The van der Waals surface area contributed by atoms with Crippen molar-refractivity contribution in [2.45, 2.75) is 105 Å². The van der Waals surface area contributed by atoms with E-state index in [1.807, 2.05) is 0 Å². The first-order valence-electron chi connectivity index (χ1n) is 23.7. The maximum Gasteiger partial charge on any atom is 0.326 e. The third kappa shape index (κ3) is 15.6. The summed E-state index contributed by atoms with van der Waals surface area (Å²) in [7, 11) is 4.41. The molecule has 0 spiro atoms. The van der Waals surface area contributed by atoms with Crippen molar-refractivity contribution < 1.29 is 48.6 Å². The number of rotatable bonds is 21. The maximum atomic E-state index is 14.9. The molecule has 8 atom stereocenters. The lowest BCUT2D eigenvalue weighted by molar-refractivity contribution is -0.145. The largest absolute Gasteiger partial charge is 0.508 e. The molecule has 23 nitrogen and oxygen atoms in total. The number of amides is 7. The molecular weight excluding hydrogens is 971 g/mol. The topological polar surface area (TPSA) is 349 Å². The van der Waals surface area contributed by atoms with Crippen LogP contribution in [0.5, 0.6) is 5.75 Å². The Kier molecular flexibility index (Phi) is 20.1. The van der Waals surface area contributed by atoms with E-state index in [0.29, 0.717) is 35.4 Å². The zero-order chi connectivity index (χ0) is 51.7. The number of aromatic nitrogens is 2. The van der Waals surface area contributed by atoms with Crippen LogP contribution < -0.4 is 43.4 Å². The van der Waals surface area contributed by atoms with Crippen LogP contribution in [0.25, 0.3) is 0 Å². The van der Waals surface area contributed by atoms with E-state index in [2.05, 4.69) is 46.9 Å². The van der Waals surface area contributed by atoms with Gasteiger partial charge in [0.1, 0.15) is 48.0 Å². The molecular formula is C47H63N13O10S2. The number of hydrogen-bond acceptors (Lipinski definition) is 14. The third-order valence-electron chi connectivity index (χ3n) is 12.4. The van der Waals surface area contributed by atoms with Crippen LogP contribution >= 0.6 is 21.6 Å². The number of carbonyl (C=O) groups is 8. The fraction of sp³-hybridized carbons (Fsp3) is 0.489. The second-order valence-corrected chi connectivity index (χ2v) is 20.6. The van der Waals surface area contributed by atoms with Gasteiger partial charge in [-0.05, 0) is 68.8 Å². The van der Waals surface area contributed by atoms with Gasteiger partial charge >= 0.3 is 5.97 Å². The highest BCUT2D eigenvalue weighted by Crippen LogP contribution is 2.37. The van der Waals surface area contributed by atoms with E-state index in [9.17, 15) is 48.6 Å². The lowest BCUT2D eigenvalue weighted by Crippen LogP contribution is -2.60. The second kappa shape index (κ2) is 26.5. The van der Waals surface area contributed by atoms with Crippen LogP contribution in [0.1, 0.15) is 55.3 Å². The summed E-state index contributed by atoms with van der Waals surface area (Å²) in [6, 6.07) is 6.76. The summed E-state index contributed by atoms with van der Waals surface area (Å²) in [5, 5.41) is 36.3. The summed E-state index contributed by atoms with van der Waals surface area (Å²) in [5.74, 6) is -5.29. The van der Waals surface area contributed by atoms with Crippen molar-refractivity contribution >= 4 is 74.9 Å². The molecule has 2 bridgehead atoms. The number of imidazole rings is 1. The summed E-state index contributed by atoms with van der Waals surface area (Å²) >= 11 is 0. The minimum Gasteiger partial charge on any atom is -0.508 e. The van der Waals surface area contributed by atoms with Gasteiger partial charge in [0.2, 0.25) is 41.4 Å².